The highest BCUT2D eigenvalue weighted by Gasteiger charge is 2.40. The highest BCUT2D eigenvalue weighted by atomic mass is 127. The van der Waals surface area contributed by atoms with Gasteiger partial charge in [0.2, 0.25) is 0 Å². The third-order valence-electron chi connectivity index (χ3n) is 5.48. The van der Waals surface area contributed by atoms with Gasteiger partial charge in [-0.2, -0.15) is 0 Å². The Morgan fingerprint density at radius 2 is 2.00 bits per heavy atom. The molecule has 0 spiro atoms. The Kier molecular flexibility index (Phi) is 9.63. The summed E-state index contributed by atoms with van der Waals surface area (Å²) in [6, 6.07) is 0.694. The number of piperidine rings is 1. The van der Waals surface area contributed by atoms with Gasteiger partial charge in [-0.25, -0.2) is 8.42 Å². The summed E-state index contributed by atoms with van der Waals surface area (Å²) in [5.74, 6) is 1.06. The second kappa shape index (κ2) is 10.5. The fourth-order valence-corrected chi connectivity index (χ4v) is 5.06. The quantitative estimate of drug-likeness (QED) is 0.272. The number of hydrogen-bond acceptors (Lipinski definition) is 4. The average molecular weight is 500 g/mol. The van der Waals surface area contributed by atoms with Gasteiger partial charge in [0.25, 0.3) is 0 Å². The van der Waals surface area contributed by atoms with E-state index in [-0.39, 0.29) is 29.7 Å². The molecule has 0 radical (unpaired) electrons. The summed E-state index contributed by atoms with van der Waals surface area (Å²) in [7, 11) is -3.02. The first kappa shape index (κ1) is 23.9. The van der Waals surface area contributed by atoms with Crippen molar-refractivity contribution in [2.24, 2.45) is 4.99 Å². The molecule has 2 rings (SSSR count). The van der Waals surface area contributed by atoms with Crippen LogP contribution in [0.3, 0.4) is 0 Å². The summed E-state index contributed by atoms with van der Waals surface area (Å²) in [5, 5.41) is 3.33. The van der Waals surface area contributed by atoms with Crippen LogP contribution < -0.4 is 5.32 Å². The van der Waals surface area contributed by atoms with Crippen molar-refractivity contribution in [2.75, 3.05) is 45.0 Å². The third-order valence-corrected chi connectivity index (χ3v) is 8.02. The Morgan fingerprint density at radius 1 is 1.27 bits per heavy atom. The van der Waals surface area contributed by atoms with Gasteiger partial charge in [-0.05, 0) is 53.5 Å². The average Bonchev–Trinajstić information content (AvgIpc) is 2.54. The lowest BCUT2D eigenvalue weighted by Gasteiger charge is -2.39. The molecule has 2 aliphatic rings. The standard InChI is InChI=1S/C18H36N4O2S.HI/c1-5-19-17(22-13-14-25(23,24)18(3,4)15-22)20-10-8-12-21-11-7-6-9-16(21)2;/h16H,5-15H2,1-4H3,(H,19,20);1H. The number of rotatable bonds is 5. The number of nitrogens with zero attached hydrogens (tertiary/aromatic N) is 3. The first-order valence-electron chi connectivity index (χ1n) is 9.76. The van der Waals surface area contributed by atoms with Crippen LogP contribution in [0, 0.1) is 0 Å². The molecule has 6 nitrogen and oxygen atoms in total. The topological polar surface area (TPSA) is 65.0 Å². The van der Waals surface area contributed by atoms with E-state index >= 15 is 0 Å². The summed E-state index contributed by atoms with van der Waals surface area (Å²) in [4.78, 5) is 9.45. The molecule has 0 amide bonds. The van der Waals surface area contributed by atoms with E-state index in [2.05, 4.69) is 29.0 Å². The van der Waals surface area contributed by atoms with Gasteiger partial charge < -0.3 is 15.1 Å². The monoisotopic (exact) mass is 500 g/mol. The molecule has 8 heteroatoms. The molecule has 154 valence electrons. The van der Waals surface area contributed by atoms with Crippen molar-refractivity contribution in [1.82, 2.24) is 15.1 Å². The minimum absolute atomic E-state index is 0. The Hall–Kier alpha value is -0.0900. The highest BCUT2D eigenvalue weighted by Crippen LogP contribution is 2.23. The number of hydrogen-bond donors (Lipinski definition) is 1. The van der Waals surface area contributed by atoms with Crippen LogP contribution in [0.5, 0.6) is 0 Å². The molecule has 2 fully saturated rings. The summed E-state index contributed by atoms with van der Waals surface area (Å²) >= 11 is 0. The number of aliphatic imine (C=N–C) groups is 1. The maximum Gasteiger partial charge on any atom is 0.193 e. The fraction of sp³-hybridized carbons (Fsp3) is 0.944. The molecule has 0 aromatic heterocycles. The van der Waals surface area contributed by atoms with E-state index in [4.69, 9.17) is 4.99 Å². The van der Waals surface area contributed by atoms with Gasteiger partial charge in [0, 0.05) is 38.8 Å². The highest BCUT2D eigenvalue weighted by molar-refractivity contribution is 14.0. The summed E-state index contributed by atoms with van der Waals surface area (Å²) in [6.45, 7) is 12.9. The van der Waals surface area contributed by atoms with E-state index in [1.807, 2.05) is 13.8 Å². The Labute approximate surface area is 177 Å². The minimum Gasteiger partial charge on any atom is -0.357 e. The number of halogens is 1. The molecular weight excluding hydrogens is 463 g/mol. The first-order valence-corrected chi connectivity index (χ1v) is 11.4. The smallest absolute Gasteiger partial charge is 0.193 e. The van der Waals surface area contributed by atoms with E-state index in [9.17, 15) is 8.42 Å². The molecular formula is C18H37IN4O2S. The van der Waals surface area contributed by atoms with Crippen molar-refractivity contribution >= 4 is 39.8 Å². The molecule has 2 heterocycles. The van der Waals surface area contributed by atoms with Crippen molar-refractivity contribution in [3.8, 4) is 0 Å². The van der Waals surface area contributed by atoms with Gasteiger partial charge in [-0.1, -0.05) is 6.42 Å². The largest absolute Gasteiger partial charge is 0.357 e. The van der Waals surface area contributed by atoms with Gasteiger partial charge in [0.05, 0.1) is 10.5 Å². The summed E-state index contributed by atoms with van der Waals surface area (Å²) < 4.78 is 23.7. The van der Waals surface area contributed by atoms with Crippen LogP contribution in [0.25, 0.3) is 0 Å². The second-order valence-electron chi connectivity index (χ2n) is 7.97. The molecule has 0 aliphatic carbocycles. The van der Waals surface area contributed by atoms with E-state index in [1.54, 1.807) is 0 Å². The molecule has 26 heavy (non-hydrogen) atoms. The van der Waals surface area contributed by atoms with Crippen molar-refractivity contribution in [1.29, 1.82) is 0 Å². The van der Waals surface area contributed by atoms with Crippen LogP contribution in [0.1, 0.15) is 53.4 Å². The lowest BCUT2D eigenvalue weighted by Crippen LogP contribution is -2.57. The molecule has 0 aromatic carbocycles. The molecule has 1 atom stereocenters. The van der Waals surface area contributed by atoms with Gasteiger partial charge in [0.15, 0.2) is 15.8 Å². The number of guanidine groups is 1. The fourth-order valence-electron chi connectivity index (χ4n) is 3.70. The van der Waals surface area contributed by atoms with Gasteiger partial charge >= 0.3 is 0 Å². The molecule has 1 N–H and O–H groups in total. The van der Waals surface area contributed by atoms with E-state index < -0.39 is 14.6 Å². The summed E-state index contributed by atoms with van der Waals surface area (Å²) in [6.07, 6.45) is 5.03. The Balaban J connectivity index is 0.00000338. The Morgan fingerprint density at radius 3 is 2.62 bits per heavy atom. The van der Waals surface area contributed by atoms with E-state index in [0.717, 1.165) is 32.0 Å². The first-order chi connectivity index (χ1) is 11.8. The van der Waals surface area contributed by atoms with Gasteiger partial charge in [-0.3, -0.25) is 4.99 Å². The van der Waals surface area contributed by atoms with Crippen molar-refractivity contribution in [2.45, 2.75) is 64.2 Å². The van der Waals surface area contributed by atoms with Crippen LogP contribution in [-0.4, -0.2) is 80.0 Å². The van der Waals surface area contributed by atoms with Gasteiger partial charge in [0.1, 0.15) is 0 Å². The Bertz CT molecular complexity index is 566. The predicted molar refractivity (Wildman–Crippen MR) is 120 cm³/mol. The molecule has 1 unspecified atom stereocenters. The zero-order valence-corrected chi connectivity index (χ0v) is 20.0. The second-order valence-corrected chi connectivity index (χ2v) is 10.7. The van der Waals surface area contributed by atoms with E-state index in [0.29, 0.717) is 19.1 Å². The van der Waals surface area contributed by atoms with Crippen LogP contribution in [0.15, 0.2) is 4.99 Å². The van der Waals surface area contributed by atoms with Crippen LogP contribution in [-0.2, 0) is 9.84 Å². The van der Waals surface area contributed by atoms with E-state index in [1.165, 1.54) is 25.8 Å². The number of likely N-dealkylation sites (tertiary alicyclic amines) is 1. The maximum atomic E-state index is 12.2. The lowest BCUT2D eigenvalue weighted by molar-refractivity contribution is 0.160. The molecule has 2 saturated heterocycles. The SMILES string of the molecule is CCNC(=NCCCN1CCCCC1C)N1CCS(=O)(=O)C(C)(C)C1.I. The van der Waals surface area contributed by atoms with Gasteiger partial charge in [-0.15, -0.1) is 24.0 Å². The van der Waals surface area contributed by atoms with Crippen LogP contribution in [0.4, 0.5) is 0 Å². The zero-order chi connectivity index (χ0) is 18.5. The molecule has 0 saturated carbocycles. The maximum absolute atomic E-state index is 12.2. The minimum atomic E-state index is -3.02. The van der Waals surface area contributed by atoms with Crippen LogP contribution in [0.2, 0.25) is 0 Å². The number of nitrogens with one attached hydrogen (secondary N) is 1. The van der Waals surface area contributed by atoms with Crippen LogP contribution >= 0.6 is 24.0 Å². The van der Waals surface area contributed by atoms with Crippen molar-refractivity contribution < 1.29 is 8.42 Å². The lowest BCUT2D eigenvalue weighted by atomic mass is 10.0. The van der Waals surface area contributed by atoms with Crippen molar-refractivity contribution in [3.63, 3.8) is 0 Å². The number of sulfone groups is 1. The normalized spacial score (nSPS) is 26.2. The molecule has 2 aliphatic heterocycles. The summed E-state index contributed by atoms with van der Waals surface area (Å²) in [5.41, 5.74) is 0. The predicted octanol–water partition coefficient (Wildman–Crippen LogP) is 2.34. The molecule has 0 bridgehead atoms. The van der Waals surface area contributed by atoms with Crippen molar-refractivity contribution in [3.05, 3.63) is 0 Å². The molecule has 0 aromatic rings. The third kappa shape index (κ3) is 6.22. The zero-order valence-electron chi connectivity index (χ0n) is 16.8.